The van der Waals surface area contributed by atoms with Gasteiger partial charge in [0.25, 0.3) is 5.91 Å². The summed E-state index contributed by atoms with van der Waals surface area (Å²) in [6.07, 6.45) is 9.38. The van der Waals surface area contributed by atoms with Crippen molar-refractivity contribution in [1.29, 1.82) is 0 Å². The zero-order valence-electron chi connectivity index (χ0n) is 17.3. The van der Waals surface area contributed by atoms with E-state index in [0.717, 1.165) is 37.1 Å². The van der Waals surface area contributed by atoms with E-state index in [2.05, 4.69) is 22.0 Å². The second-order valence-electron chi connectivity index (χ2n) is 8.01. The van der Waals surface area contributed by atoms with Crippen molar-refractivity contribution in [3.05, 3.63) is 71.8 Å². The van der Waals surface area contributed by atoms with Crippen molar-refractivity contribution >= 4 is 5.91 Å². The van der Waals surface area contributed by atoms with Crippen molar-refractivity contribution in [2.24, 2.45) is 5.92 Å². The molecule has 1 aromatic carbocycles. The van der Waals surface area contributed by atoms with Gasteiger partial charge in [-0.2, -0.15) is 5.10 Å². The lowest BCUT2D eigenvalue weighted by Gasteiger charge is -2.40. The van der Waals surface area contributed by atoms with Gasteiger partial charge in [0.1, 0.15) is 5.82 Å². The number of nitrogens with zero attached hydrogens (tertiary/aromatic N) is 5. The molecule has 1 saturated heterocycles. The number of rotatable bonds is 5. The Labute approximate surface area is 175 Å². The normalized spacial score (nSPS) is 19.1. The molecule has 6 nitrogen and oxygen atoms in total. The SMILES string of the molecule is Cc1ccc(-n2cccn2)c(C(=O)N2CCC[C@@H](C)[C@H]2CCc2ncc(F)cn2)c1. The Kier molecular flexibility index (Phi) is 5.88. The zero-order chi connectivity index (χ0) is 21.1. The molecule has 3 aromatic rings. The van der Waals surface area contributed by atoms with E-state index in [1.807, 2.05) is 42.3 Å². The second-order valence-corrected chi connectivity index (χ2v) is 8.01. The van der Waals surface area contributed by atoms with Crippen molar-refractivity contribution in [1.82, 2.24) is 24.6 Å². The van der Waals surface area contributed by atoms with Crippen molar-refractivity contribution < 1.29 is 9.18 Å². The number of likely N-dealkylation sites (tertiary alicyclic amines) is 1. The van der Waals surface area contributed by atoms with E-state index in [-0.39, 0.29) is 11.9 Å². The van der Waals surface area contributed by atoms with Gasteiger partial charge in [-0.25, -0.2) is 19.0 Å². The first kappa shape index (κ1) is 20.2. The molecule has 30 heavy (non-hydrogen) atoms. The fourth-order valence-corrected chi connectivity index (χ4v) is 4.27. The van der Waals surface area contributed by atoms with E-state index in [0.29, 0.717) is 23.7 Å². The molecule has 7 heteroatoms. The average molecular weight is 407 g/mol. The van der Waals surface area contributed by atoms with Gasteiger partial charge in [0.15, 0.2) is 5.82 Å². The minimum absolute atomic E-state index is 0.0285. The first-order chi connectivity index (χ1) is 14.5. The lowest BCUT2D eigenvalue weighted by atomic mass is 9.87. The molecule has 1 aliphatic rings. The Bertz CT molecular complexity index is 1000. The van der Waals surface area contributed by atoms with E-state index in [4.69, 9.17) is 0 Å². The topological polar surface area (TPSA) is 63.9 Å². The van der Waals surface area contributed by atoms with Gasteiger partial charge in [-0.3, -0.25) is 4.79 Å². The van der Waals surface area contributed by atoms with Gasteiger partial charge in [-0.05, 0) is 50.3 Å². The second kappa shape index (κ2) is 8.73. The predicted octanol–water partition coefficient (Wildman–Crippen LogP) is 3.98. The van der Waals surface area contributed by atoms with Crippen LogP contribution in [0.15, 0.2) is 49.1 Å². The summed E-state index contributed by atoms with van der Waals surface area (Å²) in [6.45, 7) is 4.91. The number of carbonyl (C=O) groups is 1. The molecule has 4 rings (SSSR count). The van der Waals surface area contributed by atoms with Gasteiger partial charge >= 0.3 is 0 Å². The monoisotopic (exact) mass is 407 g/mol. The minimum Gasteiger partial charge on any atom is -0.335 e. The number of amides is 1. The summed E-state index contributed by atoms with van der Waals surface area (Å²) >= 11 is 0. The molecule has 0 radical (unpaired) electrons. The smallest absolute Gasteiger partial charge is 0.256 e. The third-order valence-electron chi connectivity index (χ3n) is 5.85. The molecular weight excluding hydrogens is 381 g/mol. The largest absolute Gasteiger partial charge is 0.335 e. The highest BCUT2D eigenvalue weighted by Gasteiger charge is 2.33. The van der Waals surface area contributed by atoms with Crippen LogP contribution >= 0.6 is 0 Å². The molecule has 0 N–H and O–H groups in total. The molecule has 0 aliphatic carbocycles. The molecule has 1 amide bonds. The molecule has 0 spiro atoms. The summed E-state index contributed by atoms with van der Waals surface area (Å²) in [5.74, 6) is 0.573. The fourth-order valence-electron chi connectivity index (χ4n) is 4.27. The van der Waals surface area contributed by atoms with Crippen molar-refractivity contribution in [3.63, 3.8) is 0 Å². The number of aromatic nitrogens is 4. The number of hydrogen-bond donors (Lipinski definition) is 0. The van der Waals surface area contributed by atoms with Crippen LogP contribution < -0.4 is 0 Å². The number of hydrogen-bond acceptors (Lipinski definition) is 4. The zero-order valence-corrected chi connectivity index (χ0v) is 17.3. The number of piperidine rings is 1. The third-order valence-corrected chi connectivity index (χ3v) is 5.85. The molecule has 156 valence electrons. The van der Waals surface area contributed by atoms with Gasteiger partial charge in [-0.1, -0.05) is 18.6 Å². The summed E-state index contributed by atoms with van der Waals surface area (Å²) in [4.78, 5) is 23.8. The van der Waals surface area contributed by atoms with Crippen LogP contribution in [0.4, 0.5) is 4.39 Å². The summed E-state index contributed by atoms with van der Waals surface area (Å²) < 4.78 is 14.8. The van der Waals surface area contributed by atoms with Gasteiger partial charge in [-0.15, -0.1) is 0 Å². The van der Waals surface area contributed by atoms with Gasteiger partial charge in [0, 0.05) is 31.4 Å². The van der Waals surface area contributed by atoms with Crippen molar-refractivity contribution in [2.75, 3.05) is 6.54 Å². The highest BCUT2D eigenvalue weighted by atomic mass is 19.1. The van der Waals surface area contributed by atoms with Crippen LogP contribution in [0.25, 0.3) is 5.69 Å². The Morgan fingerprint density at radius 2 is 2.07 bits per heavy atom. The quantitative estimate of drug-likeness (QED) is 0.642. The van der Waals surface area contributed by atoms with Crippen LogP contribution in [0.3, 0.4) is 0 Å². The summed E-state index contributed by atoms with van der Waals surface area (Å²) in [5, 5.41) is 4.32. The van der Waals surface area contributed by atoms with Gasteiger partial charge in [0.2, 0.25) is 0 Å². The Morgan fingerprint density at radius 3 is 2.80 bits per heavy atom. The average Bonchev–Trinajstić information content (AvgIpc) is 3.28. The van der Waals surface area contributed by atoms with Crippen molar-refractivity contribution in [3.8, 4) is 5.69 Å². The molecule has 3 heterocycles. The van der Waals surface area contributed by atoms with Crippen LogP contribution in [0.2, 0.25) is 0 Å². The Hall–Kier alpha value is -3.09. The van der Waals surface area contributed by atoms with E-state index < -0.39 is 5.82 Å². The number of benzene rings is 1. The summed E-state index contributed by atoms with van der Waals surface area (Å²) in [6, 6.07) is 7.83. The predicted molar refractivity (Wildman–Crippen MR) is 112 cm³/mol. The summed E-state index contributed by atoms with van der Waals surface area (Å²) in [5.41, 5.74) is 2.49. The highest BCUT2D eigenvalue weighted by molar-refractivity contribution is 5.98. The van der Waals surface area contributed by atoms with Crippen LogP contribution in [-0.2, 0) is 6.42 Å². The highest BCUT2D eigenvalue weighted by Crippen LogP contribution is 2.29. The van der Waals surface area contributed by atoms with Crippen LogP contribution in [-0.4, -0.2) is 43.1 Å². The molecule has 2 aromatic heterocycles. The van der Waals surface area contributed by atoms with Crippen LogP contribution in [0, 0.1) is 18.7 Å². The standard InChI is InChI=1S/C23H26FN5O/c1-16-6-7-21(29-12-4-10-27-29)19(13-16)23(30)28-11-3-5-17(2)20(28)8-9-22-25-14-18(24)15-26-22/h4,6-7,10,12-15,17,20H,3,5,8-9,11H2,1-2H3/t17-,20-/m1/s1. The molecular formula is C23H26FN5O. The van der Waals surface area contributed by atoms with Gasteiger partial charge < -0.3 is 4.90 Å². The van der Waals surface area contributed by atoms with Crippen LogP contribution in [0.5, 0.6) is 0 Å². The van der Waals surface area contributed by atoms with E-state index in [1.54, 1.807) is 10.9 Å². The van der Waals surface area contributed by atoms with E-state index >= 15 is 0 Å². The number of halogens is 1. The molecule has 0 saturated carbocycles. The molecule has 1 fully saturated rings. The molecule has 0 unspecified atom stereocenters. The fraction of sp³-hybridized carbons (Fsp3) is 0.391. The number of aryl methyl sites for hydroxylation is 2. The first-order valence-corrected chi connectivity index (χ1v) is 10.4. The van der Waals surface area contributed by atoms with Crippen molar-refractivity contribution in [2.45, 2.75) is 45.6 Å². The minimum atomic E-state index is -0.438. The Balaban J connectivity index is 1.60. The lowest BCUT2D eigenvalue weighted by Crippen LogP contribution is -2.48. The maximum atomic E-state index is 13.7. The third kappa shape index (κ3) is 4.25. The molecule has 2 atom stereocenters. The van der Waals surface area contributed by atoms with Gasteiger partial charge in [0.05, 0.1) is 23.6 Å². The van der Waals surface area contributed by atoms with E-state index in [9.17, 15) is 9.18 Å². The van der Waals surface area contributed by atoms with E-state index in [1.165, 1.54) is 12.4 Å². The lowest BCUT2D eigenvalue weighted by molar-refractivity contribution is 0.0498. The maximum absolute atomic E-state index is 13.7. The maximum Gasteiger partial charge on any atom is 0.256 e. The summed E-state index contributed by atoms with van der Waals surface area (Å²) in [7, 11) is 0. The Morgan fingerprint density at radius 1 is 1.27 bits per heavy atom. The molecule has 0 bridgehead atoms. The molecule has 1 aliphatic heterocycles. The number of carbonyl (C=O) groups excluding carboxylic acids is 1. The van der Waals surface area contributed by atoms with Crippen LogP contribution in [0.1, 0.15) is 47.9 Å². The first-order valence-electron chi connectivity index (χ1n) is 10.4.